The third-order valence-corrected chi connectivity index (χ3v) is 5.15. The molecule has 0 unspecified atom stereocenters. The molecule has 0 aliphatic carbocycles. The number of nitrogen functional groups attached to an aromatic ring is 1. The van der Waals surface area contributed by atoms with Gasteiger partial charge in [0.05, 0.1) is 12.2 Å². The van der Waals surface area contributed by atoms with Gasteiger partial charge in [-0.3, -0.25) is 23.5 Å². The molecule has 0 aliphatic rings. The molecule has 0 aromatic carbocycles. The van der Waals surface area contributed by atoms with Crippen LogP contribution in [0.4, 0.5) is 11.5 Å². The third-order valence-electron chi connectivity index (χ3n) is 5.15. The predicted molar refractivity (Wildman–Crippen MR) is 123 cm³/mol. The Kier molecular flexibility index (Phi) is 6.62. The van der Waals surface area contributed by atoms with Gasteiger partial charge in [0.25, 0.3) is 11.1 Å². The van der Waals surface area contributed by atoms with Crippen molar-refractivity contribution in [2.75, 3.05) is 17.2 Å². The Morgan fingerprint density at radius 3 is 2.68 bits per heavy atom. The van der Waals surface area contributed by atoms with Gasteiger partial charge in [0, 0.05) is 25.4 Å². The molecule has 0 bridgehead atoms. The van der Waals surface area contributed by atoms with E-state index in [0.717, 1.165) is 18.4 Å². The second-order valence-corrected chi connectivity index (χ2v) is 8.24. The predicted octanol–water partition coefficient (Wildman–Crippen LogP) is 1.90. The molecule has 0 spiro atoms. The van der Waals surface area contributed by atoms with Crippen LogP contribution < -0.4 is 27.4 Å². The molecule has 3 aromatic rings. The zero-order valence-corrected chi connectivity index (χ0v) is 18.5. The molecule has 166 valence electrons. The van der Waals surface area contributed by atoms with Crippen LogP contribution in [0.2, 0.25) is 0 Å². The van der Waals surface area contributed by atoms with Crippen LogP contribution in [-0.4, -0.2) is 25.5 Å². The summed E-state index contributed by atoms with van der Waals surface area (Å²) in [7, 11) is 0. The number of H-pyrrole nitrogens is 1. The number of rotatable bonds is 8. The van der Waals surface area contributed by atoms with Gasteiger partial charge in [0.15, 0.2) is 0 Å². The van der Waals surface area contributed by atoms with Crippen molar-refractivity contribution in [2.45, 2.75) is 53.6 Å². The first-order chi connectivity index (χ1) is 14.7. The minimum Gasteiger partial charge on any atom is -0.383 e. The molecule has 9 nitrogen and oxygen atoms in total. The molecule has 3 heterocycles. The molecule has 3 aromatic heterocycles. The smallest absolute Gasteiger partial charge is 0.330 e. The highest BCUT2D eigenvalue weighted by atomic mass is 16.2. The van der Waals surface area contributed by atoms with E-state index in [-0.39, 0.29) is 29.5 Å². The average Bonchev–Trinajstić information content (AvgIpc) is 2.69. The lowest BCUT2D eigenvalue weighted by Crippen LogP contribution is -2.39. The molecule has 0 radical (unpaired) electrons. The number of fused-ring (bicyclic) bond motifs is 1. The van der Waals surface area contributed by atoms with Crippen molar-refractivity contribution in [3.8, 4) is 0 Å². The van der Waals surface area contributed by atoms with Crippen LogP contribution in [0.5, 0.6) is 0 Å². The summed E-state index contributed by atoms with van der Waals surface area (Å²) in [5, 5.41) is 0. The number of hydrogen-bond donors (Lipinski definition) is 2. The van der Waals surface area contributed by atoms with Crippen molar-refractivity contribution in [1.82, 2.24) is 18.9 Å². The summed E-state index contributed by atoms with van der Waals surface area (Å²) in [5.41, 5.74) is 7.30. The van der Waals surface area contributed by atoms with Crippen LogP contribution in [0.25, 0.3) is 5.65 Å². The Bertz CT molecular complexity index is 1250. The minimum atomic E-state index is -0.535. The fraction of sp³-hybridized carbons (Fsp3) is 0.455. The van der Waals surface area contributed by atoms with E-state index in [1.165, 1.54) is 15.0 Å². The van der Waals surface area contributed by atoms with Gasteiger partial charge >= 0.3 is 5.69 Å². The average molecular weight is 427 g/mol. The number of nitrogens with zero attached hydrogens (tertiary/aromatic N) is 4. The van der Waals surface area contributed by atoms with E-state index in [4.69, 9.17) is 5.73 Å². The maximum atomic E-state index is 12.8. The molecule has 0 fully saturated rings. The summed E-state index contributed by atoms with van der Waals surface area (Å²) in [6.07, 6.45) is 3.40. The van der Waals surface area contributed by atoms with Gasteiger partial charge in [-0.25, -0.2) is 9.78 Å². The zero-order chi connectivity index (χ0) is 22.7. The number of aromatic nitrogens is 4. The van der Waals surface area contributed by atoms with Crippen molar-refractivity contribution in [1.29, 1.82) is 0 Å². The van der Waals surface area contributed by atoms with E-state index in [1.54, 1.807) is 12.3 Å². The molecule has 0 saturated carbocycles. The van der Waals surface area contributed by atoms with Gasteiger partial charge in [-0.15, -0.1) is 0 Å². The van der Waals surface area contributed by atoms with Gasteiger partial charge in [-0.2, -0.15) is 0 Å². The highest BCUT2D eigenvalue weighted by Crippen LogP contribution is 2.20. The lowest BCUT2D eigenvalue weighted by Gasteiger charge is -2.26. The Labute approximate surface area is 180 Å². The number of unbranched alkanes of at least 4 members (excludes halogenated alkanes) is 1. The lowest BCUT2D eigenvalue weighted by atomic mass is 10.2. The molecule has 0 atom stereocenters. The summed E-state index contributed by atoms with van der Waals surface area (Å²) < 4.78 is 2.90. The Balaban J connectivity index is 2.11. The standard InChI is InChI=1S/C22H30N6O3/c1-5-6-9-26(18-19(23)28(12-14(2)3)22(31)25-21(18)30)13-16-11-17(29)27-10-7-8-15(4)20(27)24-16/h7-8,10-11,14H,5-6,9,12-13,23H2,1-4H3,(H,25,30,31). The number of aromatic amines is 1. The van der Waals surface area contributed by atoms with E-state index in [9.17, 15) is 14.4 Å². The topological polar surface area (TPSA) is 118 Å². The number of nitrogens with one attached hydrogen (secondary N) is 1. The molecule has 0 aliphatic heterocycles. The number of nitrogens with two attached hydrogens (primary N) is 1. The van der Waals surface area contributed by atoms with Crippen molar-refractivity contribution in [2.24, 2.45) is 5.92 Å². The Morgan fingerprint density at radius 2 is 2.00 bits per heavy atom. The molecular formula is C22H30N6O3. The van der Waals surface area contributed by atoms with Crippen LogP contribution in [0.15, 0.2) is 38.8 Å². The maximum Gasteiger partial charge on any atom is 0.330 e. The molecular weight excluding hydrogens is 396 g/mol. The van der Waals surface area contributed by atoms with E-state index in [2.05, 4.69) is 16.9 Å². The number of pyridine rings is 1. The van der Waals surface area contributed by atoms with Crippen LogP contribution in [0.1, 0.15) is 44.9 Å². The highest BCUT2D eigenvalue weighted by molar-refractivity contribution is 5.62. The fourth-order valence-electron chi connectivity index (χ4n) is 3.63. The quantitative estimate of drug-likeness (QED) is 0.568. The largest absolute Gasteiger partial charge is 0.383 e. The molecule has 31 heavy (non-hydrogen) atoms. The Hall–Kier alpha value is -3.36. The second-order valence-electron chi connectivity index (χ2n) is 8.24. The highest BCUT2D eigenvalue weighted by Gasteiger charge is 2.20. The molecule has 9 heteroatoms. The van der Waals surface area contributed by atoms with E-state index < -0.39 is 11.2 Å². The first kappa shape index (κ1) is 22.3. The van der Waals surface area contributed by atoms with Crippen molar-refractivity contribution >= 4 is 17.2 Å². The fourth-order valence-corrected chi connectivity index (χ4v) is 3.63. The van der Waals surface area contributed by atoms with Gasteiger partial charge in [0.2, 0.25) is 0 Å². The van der Waals surface area contributed by atoms with Crippen LogP contribution in [-0.2, 0) is 13.1 Å². The van der Waals surface area contributed by atoms with Gasteiger partial charge in [-0.05, 0) is 30.9 Å². The second kappa shape index (κ2) is 9.20. The summed E-state index contributed by atoms with van der Waals surface area (Å²) >= 11 is 0. The maximum absolute atomic E-state index is 12.8. The third kappa shape index (κ3) is 4.70. The van der Waals surface area contributed by atoms with Crippen molar-refractivity contribution < 1.29 is 0 Å². The summed E-state index contributed by atoms with van der Waals surface area (Å²) in [4.78, 5) is 46.5. The summed E-state index contributed by atoms with van der Waals surface area (Å²) in [5.74, 6) is 0.306. The molecule has 3 N–H and O–H groups in total. The molecule has 0 amide bonds. The van der Waals surface area contributed by atoms with E-state index >= 15 is 0 Å². The molecule has 3 rings (SSSR count). The molecule has 0 saturated heterocycles. The van der Waals surface area contributed by atoms with Gasteiger partial charge < -0.3 is 10.6 Å². The minimum absolute atomic E-state index is 0.132. The first-order valence-corrected chi connectivity index (χ1v) is 10.6. The van der Waals surface area contributed by atoms with Gasteiger partial charge in [0.1, 0.15) is 17.2 Å². The van der Waals surface area contributed by atoms with Crippen LogP contribution in [0.3, 0.4) is 0 Å². The summed E-state index contributed by atoms with van der Waals surface area (Å²) in [6.45, 7) is 9.05. The summed E-state index contributed by atoms with van der Waals surface area (Å²) in [6, 6.07) is 5.17. The van der Waals surface area contributed by atoms with Crippen molar-refractivity contribution in [3.05, 3.63) is 66.8 Å². The van der Waals surface area contributed by atoms with Crippen molar-refractivity contribution in [3.63, 3.8) is 0 Å². The van der Waals surface area contributed by atoms with Gasteiger partial charge in [-0.1, -0.05) is 33.3 Å². The SMILES string of the molecule is CCCCN(Cc1cc(=O)n2cccc(C)c2n1)c1c(N)n(CC(C)C)c(=O)[nH]c1=O. The normalized spacial score (nSPS) is 11.4. The number of aryl methyl sites for hydroxylation is 1. The Morgan fingerprint density at radius 1 is 1.26 bits per heavy atom. The number of hydrogen-bond acceptors (Lipinski definition) is 6. The van der Waals surface area contributed by atoms with Crippen LogP contribution >= 0.6 is 0 Å². The van der Waals surface area contributed by atoms with Crippen LogP contribution in [0, 0.1) is 12.8 Å². The van der Waals surface area contributed by atoms with E-state index in [0.29, 0.717) is 24.4 Å². The first-order valence-electron chi connectivity index (χ1n) is 10.6. The van der Waals surface area contributed by atoms with E-state index in [1.807, 2.05) is 31.7 Å². The monoisotopic (exact) mass is 426 g/mol. The number of anilines is 2. The zero-order valence-electron chi connectivity index (χ0n) is 18.5. The lowest BCUT2D eigenvalue weighted by molar-refractivity contribution is 0.506.